The van der Waals surface area contributed by atoms with Crippen LogP contribution in [0.25, 0.3) is 0 Å². The molecule has 0 saturated carbocycles. The molecule has 1 N–H and O–H groups in total. The molecule has 0 heterocycles. The van der Waals surface area contributed by atoms with Crippen LogP contribution in [0.15, 0.2) is 53.4 Å². The van der Waals surface area contributed by atoms with Gasteiger partial charge in [0.05, 0.1) is 4.90 Å². The van der Waals surface area contributed by atoms with Crippen LogP contribution in [0.4, 0.5) is 0 Å². The fourth-order valence-corrected chi connectivity index (χ4v) is 3.06. The lowest BCUT2D eigenvalue weighted by Gasteiger charge is -2.21. The van der Waals surface area contributed by atoms with Crippen molar-refractivity contribution in [2.75, 3.05) is 6.61 Å². The minimum absolute atomic E-state index is 0.0390. The van der Waals surface area contributed by atoms with Crippen molar-refractivity contribution in [2.24, 2.45) is 0 Å². The Morgan fingerprint density at radius 3 is 2.21 bits per heavy atom. The van der Waals surface area contributed by atoms with Crippen LogP contribution < -0.4 is 0 Å². The van der Waals surface area contributed by atoms with E-state index < -0.39 is 28.1 Å². The molecule has 0 radical (unpaired) electrons. The first-order chi connectivity index (χ1) is 11.1. The maximum Gasteiger partial charge on any atom is 0.297 e. The molecule has 7 heteroatoms. The molecule has 0 saturated heterocycles. The van der Waals surface area contributed by atoms with Gasteiger partial charge in [0.15, 0.2) is 5.78 Å². The Labute approximate surface area is 146 Å². The number of carbonyl (C=O) groups excluding carboxylic acids is 1. The lowest BCUT2D eigenvalue weighted by atomic mass is 9.96. The molecule has 0 aliphatic rings. The van der Waals surface area contributed by atoms with Crippen LogP contribution in [-0.2, 0) is 14.3 Å². The second kappa shape index (κ2) is 7.03. The summed E-state index contributed by atoms with van der Waals surface area (Å²) in [4.78, 5) is 12.3. The SMILES string of the molecule is Cc1ccc(S(=O)(=O)OCC(C)(O)C(=O)c2ccc(Cl)cc2)cc1. The van der Waals surface area contributed by atoms with Crippen molar-refractivity contribution < 1.29 is 22.5 Å². The summed E-state index contributed by atoms with van der Waals surface area (Å²) in [6.07, 6.45) is 0. The van der Waals surface area contributed by atoms with E-state index in [2.05, 4.69) is 0 Å². The van der Waals surface area contributed by atoms with Gasteiger partial charge in [-0.1, -0.05) is 29.3 Å². The van der Waals surface area contributed by atoms with E-state index in [1.165, 1.54) is 43.3 Å². The standard InChI is InChI=1S/C17H17ClO5S/c1-12-3-9-15(10-4-12)24(21,22)23-11-17(2,20)16(19)13-5-7-14(18)8-6-13/h3-10,20H,11H2,1-2H3. The number of halogens is 1. The lowest BCUT2D eigenvalue weighted by molar-refractivity contribution is 0.0175. The molecule has 2 aromatic rings. The van der Waals surface area contributed by atoms with Crippen molar-refractivity contribution in [3.05, 3.63) is 64.7 Å². The summed E-state index contributed by atoms with van der Waals surface area (Å²) in [5.74, 6) is -0.654. The first-order valence-electron chi connectivity index (χ1n) is 7.11. The van der Waals surface area contributed by atoms with E-state index in [-0.39, 0.29) is 10.5 Å². The Hall–Kier alpha value is -1.73. The highest BCUT2D eigenvalue weighted by atomic mass is 35.5. The van der Waals surface area contributed by atoms with Gasteiger partial charge in [0.2, 0.25) is 0 Å². The van der Waals surface area contributed by atoms with Gasteiger partial charge in [0.25, 0.3) is 10.1 Å². The van der Waals surface area contributed by atoms with E-state index in [0.717, 1.165) is 5.56 Å². The number of Topliss-reactive ketones (excluding diaryl/α,β-unsaturated/α-hetero) is 1. The zero-order valence-electron chi connectivity index (χ0n) is 13.2. The Bertz CT molecular complexity index is 824. The van der Waals surface area contributed by atoms with Crippen LogP contribution in [0.2, 0.25) is 5.02 Å². The Kier molecular flexibility index (Phi) is 5.45. The molecule has 0 bridgehead atoms. The van der Waals surface area contributed by atoms with Crippen molar-refractivity contribution in [3.63, 3.8) is 0 Å². The third-order valence-electron chi connectivity index (χ3n) is 3.40. The molecular weight excluding hydrogens is 352 g/mol. The van der Waals surface area contributed by atoms with E-state index in [1.54, 1.807) is 12.1 Å². The molecule has 0 aliphatic heterocycles. The molecule has 1 unspecified atom stereocenters. The van der Waals surface area contributed by atoms with Gasteiger partial charge in [-0.15, -0.1) is 0 Å². The van der Waals surface area contributed by atoms with E-state index in [0.29, 0.717) is 5.02 Å². The van der Waals surface area contributed by atoms with Crippen LogP contribution in [0.3, 0.4) is 0 Å². The summed E-state index contributed by atoms with van der Waals surface area (Å²) < 4.78 is 29.1. The second-order valence-corrected chi connectivity index (χ2v) is 7.69. The highest BCUT2D eigenvalue weighted by molar-refractivity contribution is 7.86. The van der Waals surface area contributed by atoms with Gasteiger partial charge in [-0.25, -0.2) is 0 Å². The van der Waals surface area contributed by atoms with E-state index in [4.69, 9.17) is 15.8 Å². The van der Waals surface area contributed by atoms with E-state index >= 15 is 0 Å². The third kappa shape index (κ3) is 4.42. The molecule has 0 amide bonds. The van der Waals surface area contributed by atoms with Gasteiger partial charge < -0.3 is 5.11 Å². The number of benzene rings is 2. The van der Waals surface area contributed by atoms with Gasteiger partial charge in [-0.3, -0.25) is 8.98 Å². The number of aliphatic hydroxyl groups is 1. The van der Waals surface area contributed by atoms with Crippen LogP contribution in [-0.4, -0.2) is 31.5 Å². The topological polar surface area (TPSA) is 80.7 Å². The zero-order valence-corrected chi connectivity index (χ0v) is 14.8. The van der Waals surface area contributed by atoms with Crippen molar-refractivity contribution in [1.29, 1.82) is 0 Å². The van der Waals surface area contributed by atoms with E-state index in [1.807, 2.05) is 6.92 Å². The number of hydrogen-bond donors (Lipinski definition) is 1. The van der Waals surface area contributed by atoms with Crippen molar-refractivity contribution in [3.8, 4) is 0 Å². The van der Waals surface area contributed by atoms with Crippen LogP contribution >= 0.6 is 11.6 Å². The van der Waals surface area contributed by atoms with Gasteiger partial charge >= 0.3 is 0 Å². The summed E-state index contributed by atoms with van der Waals surface area (Å²) in [7, 11) is -4.07. The average Bonchev–Trinajstić information content (AvgIpc) is 2.54. The largest absolute Gasteiger partial charge is 0.379 e. The predicted octanol–water partition coefficient (Wildman–Crippen LogP) is 2.99. The molecule has 0 fully saturated rings. The van der Waals surface area contributed by atoms with Gasteiger partial charge in [0.1, 0.15) is 12.2 Å². The minimum Gasteiger partial charge on any atom is -0.379 e. The Balaban J connectivity index is 2.12. The molecule has 0 aliphatic carbocycles. The maximum atomic E-state index is 12.3. The zero-order chi connectivity index (χ0) is 18.0. The maximum absolute atomic E-state index is 12.3. The van der Waals surface area contributed by atoms with Crippen LogP contribution in [0.5, 0.6) is 0 Å². The van der Waals surface area contributed by atoms with Crippen LogP contribution in [0.1, 0.15) is 22.8 Å². The molecule has 2 rings (SSSR count). The number of hydrogen-bond acceptors (Lipinski definition) is 5. The lowest BCUT2D eigenvalue weighted by Crippen LogP contribution is -2.40. The molecule has 1 atom stereocenters. The van der Waals surface area contributed by atoms with Gasteiger partial charge in [0, 0.05) is 10.6 Å². The van der Waals surface area contributed by atoms with Crippen molar-refractivity contribution in [2.45, 2.75) is 24.3 Å². The monoisotopic (exact) mass is 368 g/mol. The fraction of sp³-hybridized carbons (Fsp3) is 0.235. The number of carbonyl (C=O) groups is 1. The van der Waals surface area contributed by atoms with Gasteiger partial charge in [-0.05, 0) is 50.2 Å². The van der Waals surface area contributed by atoms with E-state index in [9.17, 15) is 18.3 Å². The third-order valence-corrected chi connectivity index (χ3v) is 4.93. The number of aryl methyl sites for hydroxylation is 1. The second-order valence-electron chi connectivity index (χ2n) is 5.64. The summed E-state index contributed by atoms with van der Waals surface area (Å²) in [6.45, 7) is 2.34. The minimum atomic E-state index is -4.07. The first kappa shape index (κ1) is 18.6. The average molecular weight is 369 g/mol. The summed E-state index contributed by atoms with van der Waals surface area (Å²) in [5, 5.41) is 10.7. The van der Waals surface area contributed by atoms with Gasteiger partial charge in [-0.2, -0.15) is 8.42 Å². The van der Waals surface area contributed by atoms with Crippen LogP contribution in [0, 0.1) is 6.92 Å². The fourth-order valence-electron chi connectivity index (χ4n) is 1.94. The Morgan fingerprint density at radius 1 is 1.12 bits per heavy atom. The molecular formula is C17H17ClO5S. The summed E-state index contributed by atoms with van der Waals surface area (Å²) in [5.41, 5.74) is -0.884. The van der Waals surface area contributed by atoms with Crippen molar-refractivity contribution >= 4 is 27.5 Å². The normalized spacial score (nSPS) is 14.2. The highest BCUT2D eigenvalue weighted by Gasteiger charge is 2.34. The smallest absolute Gasteiger partial charge is 0.297 e. The molecule has 5 nitrogen and oxygen atoms in total. The Morgan fingerprint density at radius 2 is 1.67 bits per heavy atom. The molecule has 24 heavy (non-hydrogen) atoms. The first-order valence-corrected chi connectivity index (χ1v) is 8.89. The molecule has 0 aromatic heterocycles. The molecule has 0 spiro atoms. The number of ketones is 1. The number of rotatable bonds is 6. The predicted molar refractivity (Wildman–Crippen MR) is 90.7 cm³/mol. The summed E-state index contributed by atoms with van der Waals surface area (Å²) >= 11 is 5.75. The molecule has 128 valence electrons. The van der Waals surface area contributed by atoms with Crippen molar-refractivity contribution in [1.82, 2.24) is 0 Å². The summed E-state index contributed by atoms with van der Waals surface area (Å²) in [6, 6.07) is 12.0. The highest BCUT2D eigenvalue weighted by Crippen LogP contribution is 2.20. The molecule has 2 aromatic carbocycles. The quantitative estimate of drug-likeness (QED) is 0.626.